The quantitative estimate of drug-likeness (QED) is 0.356. The fourth-order valence-corrected chi connectivity index (χ4v) is 1.27. The van der Waals surface area contributed by atoms with E-state index in [2.05, 4.69) is 16.9 Å². The molecule has 2 nitrogen and oxygen atoms in total. The third-order valence-corrected chi connectivity index (χ3v) is 2.02. The van der Waals surface area contributed by atoms with Crippen LogP contribution >= 0.6 is 0 Å². The van der Waals surface area contributed by atoms with E-state index in [1.807, 2.05) is 6.08 Å². The Labute approximate surface area is 72.9 Å². The first-order valence-corrected chi connectivity index (χ1v) is 4.24. The van der Waals surface area contributed by atoms with Crippen LogP contribution in [-0.2, 0) is 9.53 Å². The lowest BCUT2D eigenvalue weighted by molar-refractivity contribution is -0.134. The summed E-state index contributed by atoms with van der Waals surface area (Å²) in [5, 5.41) is 0. The van der Waals surface area contributed by atoms with Gasteiger partial charge in [0.15, 0.2) is 0 Å². The summed E-state index contributed by atoms with van der Waals surface area (Å²) in [6.45, 7) is 0. The predicted molar refractivity (Wildman–Crippen MR) is 47.6 cm³/mol. The molecule has 1 atom stereocenters. The van der Waals surface area contributed by atoms with Gasteiger partial charge in [0.1, 0.15) is 0 Å². The average molecular weight is 166 g/mol. The van der Waals surface area contributed by atoms with Gasteiger partial charge in [-0.3, -0.25) is 0 Å². The van der Waals surface area contributed by atoms with Crippen molar-refractivity contribution < 1.29 is 9.53 Å². The predicted octanol–water partition coefficient (Wildman–Crippen LogP) is 2.07. The van der Waals surface area contributed by atoms with Crippen molar-refractivity contribution in [2.24, 2.45) is 5.92 Å². The Balaban J connectivity index is 2.34. The first-order valence-electron chi connectivity index (χ1n) is 4.24. The Morgan fingerprint density at radius 3 is 3.00 bits per heavy atom. The zero-order valence-electron chi connectivity index (χ0n) is 7.32. The highest BCUT2D eigenvalue weighted by molar-refractivity contribution is 5.81. The highest BCUT2D eigenvalue weighted by Gasteiger charge is 2.05. The second kappa shape index (κ2) is 4.75. The van der Waals surface area contributed by atoms with E-state index in [4.69, 9.17) is 0 Å². The van der Waals surface area contributed by atoms with E-state index in [-0.39, 0.29) is 5.97 Å². The maximum Gasteiger partial charge on any atom is 0.330 e. The van der Waals surface area contributed by atoms with Crippen molar-refractivity contribution in [3.8, 4) is 0 Å². The fourth-order valence-electron chi connectivity index (χ4n) is 1.27. The molecule has 0 fully saturated rings. The van der Waals surface area contributed by atoms with Crippen molar-refractivity contribution in [1.82, 2.24) is 0 Å². The summed E-state index contributed by atoms with van der Waals surface area (Å²) >= 11 is 0. The van der Waals surface area contributed by atoms with Crippen LogP contribution in [0.15, 0.2) is 24.3 Å². The number of esters is 1. The van der Waals surface area contributed by atoms with Gasteiger partial charge in [-0.25, -0.2) is 4.79 Å². The first kappa shape index (κ1) is 9.04. The van der Waals surface area contributed by atoms with Gasteiger partial charge in [-0.2, -0.15) is 0 Å². The third-order valence-electron chi connectivity index (χ3n) is 2.02. The zero-order valence-corrected chi connectivity index (χ0v) is 7.32. The molecule has 0 aromatic rings. The summed E-state index contributed by atoms with van der Waals surface area (Å²) in [7, 11) is 1.40. The summed E-state index contributed by atoms with van der Waals surface area (Å²) in [6.07, 6.45) is 11.1. The number of allylic oxidation sites excluding steroid dienone is 3. The highest BCUT2D eigenvalue weighted by Crippen LogP contribution is 2.18. The smallest absolute Gasteiger partial charge is 0.330 e. The summed E-state index contributed by atoms with van der Waals surface area (Å²) in [4.78, 5) is 10.7. The Bertz CT molecular complexity index is 204. The Morgan fingerprint density at radius 1 is 1.58 bits per heavy atom. The van der Waals surface area contributed by atoms with E-state index in [1.165, 1.54) is 13.2 Å². The minimum absolute atomic E-state index is 0.260. The number of rotatable bonds is 2. The molecule has 0 bridgehead atoms. The molecule has 2 heteroatoms. The van der Waals surface area contributed by atoms with Crippen LogP contribution in [-0.4, -0.2) is 13.1 Å². The van der Waals surface area contributed by atoms with E-state index in [9.17, 15) is 4.79 Å². The number of hydrogen-bond donors (Lipinski definition) is 0. The molecule has 0 saturated heterocycles. The van der Waals surface area contributed by atoms with Crippen LogP contribution in [0.5, 0.6) is 0 Å². The molecule has 0 N–H and O–H groups in total. The molecule has 0 amide bonds. The maximum atomic E-state index is 10.7. The van der Waals surface area contributed by atoms with Crippen molar-refractivity contribution >= 4 is 5.97 Å². The van der Waals surface area contributed by atoms with Gasteiger partial charge in [0.2, 0.25) is 0 Å². The molecule has 1 rings (SSSR count). The van der Waals surface area contributed by atoms with Gasteiger partial charge in [0.05, 0.1) is 7.11 Å². The van der Waals surface area contributed by atoms with Gasteiger partial charge in [-0.15, -0.1) is 0 Å². The number of carbonyl (C=O) groups is 1. The Morgan fingerprint density at radius 2 is 2.42 bits per heavy atom. The molecule has 0 aromatic heterocycles. The SMILES string of the molecule is COC(=O)C=CC1CC=CCC1. The number of hydrogen-bond acceptors (Lipinski definition) is 2. The van der Waals surface area contributed by atoms with E-state index < -0.39 is 0 Å². The van der Waals surface area contributed by atoms with Crippen LogP contribution in [0.4, 0.5) is 0 Å². The molecular weight excluding hydrogens is 152 g/mol. The van der Waals surface area contributed by atoms with Gasteiger partial charge in [-0.05, 0) is 25.2 Å². The van der Waals surface area contributed by atoms with Gasteiger partial charge in [-0.1, -0.05) is 18.2 Å². The minimum Gasteiger partial charge on any atom is -0.466 e. The molecule has 1 aliphatic rings. The highest BCUT2D eigenvalue weighted by atomic mass is 16.5. The third kappa shape index (κ3) is 2.91. The van der Waals surface area contributed by atoms with Crippen molar-refractivity contribution in [3.63, 3.8) is 0 Å². The van der Waals surface area contributed by atoms with Crippen LogP contribution in [0, 0.1) is 5.92 Å². The molecule has 0 aromatic carbocycles. The lowest BCUT2D eigenvalue weighted by Crippen LogP contribution is -2.01. The van der Waals surface area contributed by atoms with Gasteiger partial charge in [0.25, 0.3) is 0 Å². The molecule has 0 radical (unpaired) electrons. The van der Waals surface area contributed by atoms with Gasteiger partial charge >= 0.3 is 5.97 Å². The molecule has 1 unspecified atom stereocenters. The molecule has 0 saturated carbocycles. The number of ether oxygens (including phenoxy) is 1. The molecule has 0 heterocycles. The van der Waals surface area contributed by atoms with Gasteiger partial charge < -0.3 is 4.74 Å². The van der Waals surface area contributed by atoms with Crippen molar-refractivity contribution in [3.05, 3.63) is 24.3 Å². The maximum absolute atomic E-state index is 10.7. The van der Waals surface area contributed by atoms with Crippen LogP contribution in [0.25, 0.3) is 0 Å². The average Bonchev–Trinajstić information content (AvgIpc) is 2.16. The van der Waals surface area contributed by atoms with Gasteiger partial charge in [0, 0.05) is 6.08 Å². The van der Waals surface area contributed by atoms with Crippen molar-refractivity contribution in [2.45, 2.75) is 19.3 Å². The largest absolute Gasteiger partial charge is 0.466 e. The zero-order chi connectivity index (χ0) is 8.81. The summed E-state index contributed by atoms with van der Waals surface area (Å²) < 4.78 is 4.50. The molecule has 0 spiro atoms. The lowest BCUT2D eigenvalue weighted by Gasteiger charge is -2.12. The minimum atomic E-state index is -0.260. The second-order valence-corrected chi connectivity index (χ2v) is 2.93. The topological polar surface area (TPSA) is 26.3 Å². The summed E-state index contributed by atoms with van der Waals surface area (Å²) in [5.74, 6) is 0.263. The molecule has 12 heavy (non-hydrogen) atoms. The molecule has 0 aliphatic heterocycles. The Kier molecular flexibility index (Phi) is 3.58. The molecule has 66 valence electrons. The summed E-state index contributed by atoms with van der Waals surface area (Å²) in [6, 6.07) is 0. The van der Waals surface area contributed by atoms with E-state index in [0.29, 0.717) is 5.92 Å². The molecular formula is C10H14O2. The van der Waals surface area contributed by atoms with Crippen LogP contribution in [0.1, 0.15) is 19.3 Å². The van der Waals surface area contributed by atoms with Crippen molar-refractivity contribution in [2.75, 3.05) is 7.11 Å². The monoisotopic (exact) mass is 166 g/mol. The van der Waals surface area contributed by atoms with Crippen molar-refractivity contribution in [1.29, 1.82) is 0 Å². The van der Waals surface area contributed by atoms with Crippen LogP contribution in [0.3, 0.4) is 0 Å². The first-order chi connectivity index (χ1) is 5.83. The summed E-state index contributed by atoms with van der Waals surface area (Å²) in [5.41, 5.74) is 0. The van der Waals surface area contributed by atoms with E-state index in [0.717, 1.165) is 19.3 Å². The molecule has 1 aliphatic carbocycles. The van der Waals surface area contributed by atoms with E-state index in [1.54, 1.807) is 0 Å². The fraction of sp³-hybridized carbons (Fsp3) is 0.500. The van der Waals surface area contributed by atoms with Crippen LogP contribution < -0.4 is 0 Å². The van der Waals surface area contributed by atoms with Crippen LogP contribution in [0.2, 0.25) is 0 Å². The lowest BCUT2D eigenvalue weighted by atomic mass is 9.94. The van der Waals surface area contributed by atoms with E-state index >= 15 is 0 Å². The second-order valence-electron chi connectivity index (χ2n) is 2.93. The Hall–Kier alpha value is -1.05. The standard InChI is InChI=1S/C10H14O2/c1-12-10(11)8-7-9-5-3-2-4-6-9/h2-3,7-9H,4-6H2,1H3. The number of methoxy groups -OCH3 is 1. The normalized spacial score (nSPS) is 22.9. The number of carbonyl (C=O) groups excluding carboxylic acids is 1.